The van der Waals surface area contributed by atoms with Crippen LogP contribution < -0.4 is 27.0 Å². The highest BCUT2D eigenvalue weighted by Crippen LogP contribution is 2.28. The Labute approximate surface area is 179 Å². The molecule has 0 radical (unpaired) electrons. The van der Waals surface area contributed by atoms with E-state index in [1.807, 2.05) is 32.0 Å². The summed E-state index contributed by atoms with van der Waals surface area (Å²) in [7, 11) is -4.86. The summed E-state index contributed by atoms with van der Waals surface area (Å²) in [5, 5.41) is 5.12. The Bertz CT molecular complexity index is 1180. The Morgan fingerprint density at radius 1 is 1.16 bits per heavy atom. The Morgan fingerprint density at radius 3 is 2.55 bits per heavy atom. The molecule has 0 fully saturated rings. The van der Waals surface area contributed by atoms with Crippen LogP contribution in [0.2, 0.25) is 0 Å². The molecule has 0 bridgehead atoms. The van der Waals surface area contributed by atoms with E-state index in [0.717, 1.165) is 17.7 Å². The van der Waals surface area contributed by atoms with Gasteiger partial charge in [0.1, 0.15) is 10.6 Å². The quantitative estimate of drug-likeness (QED) is 0.513. The minimum Gasteiger partial charge on any atom is -0.369 e. The zero-order valence-electron chi connectivity index (χ0n) is 16.8. The molecule has 2 amide bonds. The van der Waals surface area contributed by atoms with E-state index in [2.05, 4.69) is 20.6 Å². The molecule has 0 aliphatic carbocycles. The zero-order chi connectivity index (χ0) is 22.8. The fraction of sp³-hybridized carbons (Fsp3) is 0.211. The Kier molecular flexibility index (Phi) is 5.84. The molecule has 1 aliphatic rings. The lowest BCUT2D eigenvalue weighted by molar-refractivity contribution is 0.251. The monoisotopic (exact) mass is 447 g/mol. The van der Waals surface area contributed by atoms with Gasteiger partial charge in [0.05, 0.1) is 0 Å². The van der Waals surface area contributed by atoms with Crippen LogP contribution in [0.5, 0.6) is 0 Å². The molecule has 0 unspecified atom stereocenters. The highest BCUT2D eigenvalue weighted by atomic mass is 32.3. The van der Waals surface area contributed by atoms with Gasteiger partial charge in [-0.05, 0) is 49.7 Å². The highest BCUT2D eigenvalue weighted by Gasteiger charge is 2.33. The van der Waals surface area contributed by atoms with E-state index in [9.17, 15) is 17.1 Å². The van der Waals surface area contributed by atoms with Crippen LogP contribution in [0.15, 0.2) is 63.4 Å². The Balaban J connectivity index is 1.69. The number of rotatable bonds is 5. The first-order valence-electron chi connectivity index (χ1n) is 9.14. The van der Waals surface area contributed by atoms with Crippen molar-refractivity contribution in [2.24, 2.45) is 21.5 Å². The summed E-state index contributed by atoms with van der Waals surface area (Å²) in [5.74, 6) is 0.293. The van der Waals surface area contributed by atoms with Gasteiger partial charge in [-0.3, -0.25) is 4.90 Å². The number of amides is 2. The van der Waals surface area contributed by atoms with Crippen molar-refractivity contribution in [3.8, 4) is 0 Å². The largest absolute Gasteiger partial charge is 0.369 e. The molecule has 0 aromatic heterocycles. The molecule has 0 atom stereocenters. The van der Waals surface area contributed by atoms with E-state index in [-0.39, 0.29) is 24.2 Å². The average molecular weight is 447 g/mol. The molecule has 2 aromatic carbocycles. The van der Waals surface area contributed by atoms with Gasteiger partial charge >= 0.3 is 16.3 Å². The molecule has 0 spiro atoms. The maximum absolute atomic E-state index is 13.1. The molecule has 2 aromatic rings. The van der Waals surface area contributed by atoms with Gasteiger partial charge in [0, 0.05) is 17.9 Å². The maximum atomic E-state index is 13.1. The second-order valence-corrected chi connectivity index (χ2v) is 8.56. The number of nitrogens with zero attached hydrogens (tertiary/aromatic N) is 3. The number of hydrogen-bond acceptors (Lipinski definition) is 8. The minimum atomic E-state index is -4.86. The second kappa shape index (κ2) is 8.22. The smallest absolute Gasteiger partial charge is 0.332 e. The third-order valence-corrected chi connectivity index (χ3v) is 5.21. The number of carbonyl (C=O) groups is 1. The standard InChI is InChI=1S/C19H22FN7O3S/c1-19(2)26-16(21)25-17(22)27(19)14-7-3-5-12(9-14)11-23-18(28)24-13-6-4-8-15(10-13)31(20,29)30/h3-10H,11H2,1-2H3,(H2,23,24,28)(H4,21,22,25,26). The molecule has 31 heavy (non-hydrogen) atoms. The first-order chi connectivity index (χ1) is 14.5. The third-order valence-electron chi connectivity index (χ3n) is 4.39. The number of guanidine groups is 2. The normalized spacial score (nSPS) is 15.6. The molecule has 0 saturated heterocycles. The predicted octanol–water partition coefficient (Wildman–Crippen LogP) is 1.85. The van der Waals surface area contributed by atoms with Gasteiger partial charge in [-0.2, -0.15) is 13.4 Å². The molecule has 6 N–H and O–H groups in total. The topological polar surface area (TPSA) is 155 Å². The van der Waals surface area contributed by atoms with Gasteiger partial charge in [0.25, 0.3) is 0 Å². The number of benzene rings is 2. The van der Waals surface area contributed by atoms with E-state index in [1.54, 1.807) is 11.0 Å². The summed E-state index contributed by atoms with van der Waals surface area (Å²) in [6.45, 7) is 3.84. The van der Waals surface area contributed by atoms with Crippen molar-refractivity contribution >= 4 is 39.5 Å². The molecule has 1 heterocycles. The fourth-order valence-corrected chi connectivity index (χ4v) is 3.65. The van der Waals surface area contributed by atoms with Crippen LogP contribution in [-0.4, -0.2) is 32.0 Å². The molecule has 164 valence electrons. The lowest BCUT2D eigenvalue weighted by Gasteiger charge is -2.38. The van der Waals surface area contributed by atoms with Gasteiger partial charge in [-0.25, -0.2) is 9.79 Å². The molecule has 3 rings (SSSR count). The number of anilines is 2. The average Bonchev–Trinajstić information content (AvgIpc) is 2.65. The number of nitrogens with one attached hydrogen (secondary N) is 2. The molecule has 10 nitrogen and oxygen atoms in total. The fourth-order valence-electron chi connectivity index (χ4n) is 3.14. The van der Waals surface area contributed by atoms with E-state index in [4.69, 9.17) is 11.5 Å². The van der Waals surface area contributed by atoms with Gasteiger partial charge < -0.3 is 22.1 Å². The second-order valence-electron chi connectivity index (χ2n) is 7.21. The lowest BCUT2D eigenvalue weighted by atomic mass is 10.1. The van der Waals surface area contributed by atoms with Crippen molar-refractivity contribution < 1.29 is 17.1 Å². The summed E-state index contributed by atoms with van der Waals surface area (Å²) in [5.41, 5.74) is 12.6. The van der Waals surface area contributed by atoms with E-state index in [1.165, 1.54) is 12.1 Å². The van der Waals surface area contributed by atoms with E-state index in [0.29, 0.717) is 5.69 Å². The van der Waals surface area contributed by atoms with Crippen molar-refractivity contribution in [1.29, 1.82) is 0 Å². The van der Waals surface area contributed by atoms with Crippen molar-refractivity contribution in [3.05, 3.63) is 54.1 Å². The van der Waals surface area contributed by atoms with Crippen molar-refractivity contribution in [2.45, 2.75) is 31.0 Å². The number of aliphatic imine (C=N–C) groups is 2. The van der Waals surface area contributed by atoms with Crippen LogP contribution in [0, 0.1) is 0 Å². The lowest BCUT2D eigenvalue weighted by Crippen LogP contribution is -2.54. The third kappa shape index (κ3) is 5.28. The van der Waals surface area contributed by atoms with Crippen LogP contribution in [0.4, 0.5) is 20.1 Å². The summed E-state index contributed by atoms with van der Waals surface area (Å²) in [6, 6.07) is 11.6. The van der Waals surface area contributed by atoms with Crippen LogP contribution in [0.3, 0.4) is 0 Å². The Hall–Kier alpha value is -3.67. The number of carbonyl (C=O) groups excluding carboxylic acids is 1. The highest BCUT2D eigenvalue weighted by molar-refractivity contribution is 7.86. The number of urea groups is 1. The van der Waals surface area contributed by atoms with Crippen LogP contribution in [0.25, 0.3) is 0 Å². The first-order valence-corrected chi connectivity index (χ1v) is 10.5. The van der Waals surface area contributed by atoms with Crippen molar-refractivity contribution in [1.82, 2.24) is 5.32 Å². The zero-order valence-corrected chi connectivity index (χ0v) is 17.6. The van der Waals surface area contributed by atoms with Crippen molar-refractivity contribution in [2.75, 3.05) is 10.2 Å². The van der Waals surface area contributed by atoms with Gasteiger partial charge in [0.2, 0.25) is 11.9 Å². The number of hydrogen-bond donors (Lipinski definition) is 4. The predicted molar refractivity (Wildman–Crippen MR) is 117 cm³/mol. The summed E-state index contributed by atoms with van der Waals surface area (Å²) >= 11 is 0. The Morgan fingerprint density at radius 2 is 1.87 bits per heavy atom. The minimum absolute atomic E-state index is 0.0953. The summed E-state index contributed by atoms with van der Waals surface area (Å²) in [6.07, 6.45) is 0. The van der Waals surface area contributed by atoms with E-state index < -0.39 is 26.8 Å². The molecule has 12 heteroatoms. The first kappa shape index (κ1) is 22.0. The van der Waals surface area contributed by atoms with Gasteiger partial charge in [-0.1, -0.05) is 18.2 Å². The van der Waals surface area contributed by atoms with Gasteiger partial charge in [-0.15, -0.1) is 3.89 Å². The van der Waals surface area contributed by atoms with Crippen molar-refractivity contribution in [3.63, 3.8) is 0 Å². The van der Waals surface area contributed by atoms with Crippen LogP contribution >= 0.6 is 0 Å². The molecule has 1 aliphatic heterocycles. The molecular formula is C19H22FN7O3S. The molecule has 0 saturated carbocycles. The van der Waals surface area contributed by atoms with Crippen LogP contribution in [0.1, 0.15) is 19.4 Å². The number of halogens is 1. The summed E-state index contributed by atoms with van der Waals surface area (Å²) < 4.78 is 35.1. The van der Waals surface area contributed by atoms with Gasteiger partial charge in [0.15, 0.2) is 0 Å². The van der Waals surface area contributed by atoms with E-state index >= 15 is 0 Å². The number of nitrogens with two attached hydrogens (primary N) is 2. The van der Waals surface area contributed by atoms with Crippen LogP contribution in [-0.2, 0) is 16.8 Å². The molecular weight excluding hydrogens is 425 g/mol. The summed E-state index contributed by atoms with van der Waals surface area (Å²) in [4.78, 5) is 21.7. The maximum Gasteiger partial charge on any atom is 0.332 e. The SMILES string of the molecule is CC1(C)N=C(N)N=C(N)N1c1cccc(CNC(=O)Nc2cccc(S(=O)(=O)F)c2)c1.